The van der Waals surface area contributed by atoms with Gasteiger partial charge in [-0.3, -0.25) is 4.79 Å². The molecule has 3 nitrogen and oxygen atoms in total. The lowest BCUT2D eigenvalue weighted by Gasteiger charge is -2.12. The average molecular weight is 353 g/mol. The zero-order valence-corrected chi connectivity index (χ0v) is 13.5. The van der Waals surface area contributed by atoms with E-state index in [2.05, 4.69) is 15.9 Å². The monoisotopic (exact) mass is 352 g/mol. The first-order valence-electron chi connectivity index (χ1n) is 6.20. The summed E-state index contributed by atoms with van der Waals surface area (Å²) in [5.74, 6) is 0.385. The molecule has 0 saturated heterocycles. The lowest BCUT2D eigenvalue weighted by Crippen LogP contribution is -2.06. The molecule has 0 aliphatic rings. The molecule has 0 amide bonds. The Hall–Kier alpha value is -1.88. The maximum Gasteiger partial charge on any atom is 0.197 e. The van der Waals surface area contributed by atoms with Crippen molar-refractivity contribution in [3.63, 3.8) is 0 Å². The molecule has 2 rings (SSSR count). The Morgan fingerprint density at radius 3 is 2.43 bits per heavy atom. The van der Waals surface area contributed by atoms with Crippen molar-refractivity contribution in [2.75, 3.05) is 14.2 Å². The van der Waals surface area contributed by atoms with Crippen molar-refractivity contribution in [3.05, 3.63) is 57.3 Å². The van der Waals surface area contributed by atoms with Crippen molar-refractivity contribution in [2.45, 2.75) is 6.92 Å². The molecule has 2 aromatic carbocycles. The fourth-order valence-electron chi connectivity index (χ4n) is 1.99. The molecule has 0 saturated carbocycles. The van der Waals surface area contributed by atoms with Crippen molar-refractivity contribution >= 4 is 21.7 Å². The lowest BCUT2D eigenvalue weighted by atomic mass is 10.0. The number of ketones is 1. The van der Waals surface area contributed by atoms with Crippen LogP contribution >= 0.6 is 15.9 Å². The molecule has 0 fully saturated rings. The smallest absolute Gasteiger partial charge is 0.197 e. The van der Waals surface area contributed by atoms with Gasteiger partial charge in [-0.15, -0.1) is 0 Å². The number of hydrogen-bond donors (Lipinski definition) is 0. The highest BCUT2D eigenvalue weighted by Gasteiger charge is 2.20. The van der Waals surface area contributed by atoms with Gasteiger partial charge in [0.15, 0.2) is 5.78 Å². The van der Waals surface area contributed by atoms with Crippen LogP contribution in [0.2, 0.25) is 0 Å². The van der Waals surface area contributed by atoms with E-state index in [9.17, 15) is 9.18 Å². The third-order valence-electron chi connectivity index (χ3n) is 3.13. The molecule has 0 N–H and O–H groups in total. The summed E-state index contributed by atoms with van der Waals surface area (Å²) in [5, 5.41) is 0. The summed E-state index contributed by atoms with van der Waals surface area (Å²) < 4.78 is 24.3. The predicted octanol–water partition coefficient (Wildman–Crippen LogP) is 4.14. The van der Waals surface area contributed by atoms with Gasteiger partial charge in [-0.1, -0.05) is 0 Å². The number of hydrogen-bond acceptors (Lipinski definition) is 3. The van der Waals surface area contributed by atoms with Crippen molar-refractivity contribution in [3.8, 4) is 11.5 Å². The van der Waals surface area contributed by atoms with Gasteiger partial charge in [0.1, 0.15) is 17.3 Å². The molecule has 110 valence electrons. The van der Waals surface area contributed by atoms with Gasteiger partial charge < -0.3 is 9.47 Å². The number of halogens is 2. The molecule has 0 spiro atoms. The van der Waals surface area contributed by atoms with Gasteiger partial charge in [-0.25, -0.2) is 4.39 Å². The van der Waals surface area contributed by atoms with Gasteiger partial charge in [0, 0.05) is 16.1 Å². The maximum atomic E-state index is 13.3. The van der Waals surface area contributed by atoms with Crippen molar-refractivity contribution in [1.29, 1.82) is 0 Å². The minimum Gasteiger partial charge on any atom is -0.497 e. The normalized spacial score (nSPS) is 10.3. The van der Waals surface area contributed by atoms with Gasteiger partial charge in [-0.05, 0) is 52.7 Å². The quantitative estimate of drug-likeness (QED) is 0.775. The maximum absolute atomic E-state index is 13.3. The number of methoxy groups -OCH3 is 2. The van der Waals surface area contributed by atoms with Crippen LogP contribution in [0.1, 0.15) is 21.5 Å². The van der Waals surface area contributed by atoms with Crippen LogP contribution in [0.5, 0.6) is 11.5 Å². The molecular formula is C16H14BrFO3. The van der Waals surface area contributed by atoms with Crippen LogP contribution < -0.4 is 9.47 Å². The second-order valence-electron chi connectivity index (χ2n) is 4.48. The van der Waals surface area contributed by atoms with E-state index in [4.69, 9.17) is 9.47 Å². The molecule has 0 atom stereocenters. The second-order valence-corrected chi connectivity index (χ2v) is 5.33. The molecular weight excluding hydrogens is 339 g/mol. The third-order valence-corrected chi connectivity index (χ3v) is 3.76. The minimum absolute atomic E-state index is 0.246. The predicted molar refractivity (Wildman–Crippen MR) is 81.8 cm³/mol. The molecule has 0 aromatic heterocycles. The Morgan fingerprint density at radius 1 is 1.14 bits per heavy atom. The van der Waals surface area contributed by atoms with Crippen LogP contribution in [0.15, 0.2) is 34.8 Å². The first kappa shape index (κ1) is 15.5. The third kappa shape index (κ3) is 3.08. The SMILES string of the molecule is COc1cc(Br)c(C(=O)c2ccc(F)c(C)c2)c(OC)c1. The summed E-state index contributed by atoms with van der Waals surface area (Å²) in [4.78, 5) is 12.6. The number of carbonyl (C=O) groups excluding carboxylic acids is 1. The Morgan fingerprint density at radius 2 is 1.86 bits per heavy atom. The number of aryl methyl sites for hydroxylation is 1. The van der Waals surface area contributed by atoms with Gasteiger partial charge in [0.2, 0.25) is 0 Å². The summed E-state index contributed by atoms with van der Waals surface area (Å²) in [6, 6.07) is 7.58. The van der Waals surface area contributed by atoms with Crippen LogP contribution in [0.3, 0.4) is 0 Å². The van der Waals surface area contributed by atoms with Crippen LogP contribution in [0.4, 0.5) is 4.39 Å². The van der Waals surface area contributed by atoms with Gasteiger partial charge in [0.25, 0.3) is 0 Å². The summed E-state index contributed by atoms with van der Waals surface area (Å²) in [5.41, 5.74) is 1.20. The lowest BCUT2D eigenvalue weighted by molar-refractivity contribution is 0.103. The summed E-state index contributed by atoms with van der Waals surface area (Å²) in [7, 11) is 3.01. The highest BCUT2D eigenvalue weighted by Crippen LogP contribution is 2.34. The standard InChI is InChI=1S/C16H14BrFO3/c1-9-6-10(4-5-13(9)18)16(19)15-12(17)7-11(20-2)8-14(15)21-3/h4-8H,1-3H3. The highest BCUT2D eigenvalue weighted by atomic mass is 79.9. The van der Waals surface area contributed by atoms with Gasteiger partial charge >= 0.3 is 0 Å². The Labute approximate surface area is 130 Å². The number of carbonyl (C=O) groups is 1. The molecule has 0 aliphatic heterocycles. The summed E-state index contributed by atoms with van der Waals surface area (Å²) in [6.07, 6.45) is 0. The van der Waals surface area contributed by atoms with E-state index in [1.165, 1.54) is 32.4 Å². The molecule has 0 unspecified atom stereocenters. The topological polar surface area (TPSA) is 35.5 Å². The summed E-state index contributed by atoms with van der Waals surface area (Å²) >= 11 is 3.36. The zero-order chi connectivity index (χ0) is 15.6. The zero-order valence-electron chi connectivity index (χ0n) is 11.9. The Balaban J connectivity index is 2.54. The van der Waals surface area contributed by atoms with Crippen LogP contribution in [0.25, 0.3) is 0 Å². The van der Waals surface area contributed by atoms with E-state index in [0.717, 1.165) is 0 Å². The molecule has 0 heterocycles. The number of ether oxygens (including phenoxy) is 2. The minimum atomic E-state index is -0.340. The number of benzene rings is 2. The van der Waals surface area contributed by atoms with E-state index >= 15 is 0 Å². The Kier molecular flexibility index (Phi) is 4.63. The van der Waals surface area contributed by atoms with Gasteiger partial charge in [-0.2, -0.15) is 0 Å². The van der Waals surface area contributed by atoms with Crippen LogP contribution in [-0.4, -0.2) is 20.0 Å². The second kappa shape index (κ2) is 6.26. The number of rotatable bonds is 4. The van der Waals surface area contributed by atoms with E-state index < -0.39 is 0 Å². The molecule has 21 heavy (non-hydrogen) atoms. The largest absolute Gasteiger partial charge is 0.497 e. The first-order valence-corrected chi connectivity index (χ1v) is 6.99. The van der Waals surface area contributed by atoms with Crippen molar-refractivity contribution in [2.24, 2.45) is 0 Å². The average Bonchev–Trinajstić information content (AvgIpc) is 2.48. The molecule has 5 heteroatoms. The van der Waals surface area contributed by atoms with E-state index in [0.29, 0.717) is 32.7 Å². The Bertz CT molecular complexity index is 698. The first-order chi connectivity index (χ1) is 9.97. The molecule has 0 aliphatic carbocycles. The fourth-order valence-corrected chi connectivity index (χ4v) is 2.59. The van der Waals surface area contributed by atoms with E-state index in [-0.39, 0.29) is 11.6 Å². The van der Waals surface area contributed by atoms with Gasteiger partial charge in [0.05, 0.1) is 19.8 Å². The van der Waals surface area contributed by atoms with E-state index in [1.54, 1.807) is 19.1 Å². The van der Waals surface area contributed by atoms with Crippen molar-refractivity contribution in [1.82, 2.24) is 0 Å². The van der Waals surface area contributed by atoms with Crippen molar-refractivity contribution < 1.29 is 18.7 Å². The van der Waals surface area contributed by atoms with Crippen LogP contribution in [-0.2, 0) is 0 Å². The summed E-state index contributed by atoms with van der Waals surface area (Å²) in [6.45, 7) is 1.62. The van der Waals surface area contributed by atoms with E-state index in [1.807, 2.05) is 0 Å². The highest BCUT2D eigenvalue weighted by molar-refractivity contribution is 9.10. The fraction of sp³-hybridized carbons (Fsp3) is 0.188. The van der Waals surface area contributed by atoms with Crippen LogP contribution in [0, 0.1) is 12.7 Å². The molecule has 2 aromatic rings. The molecule has 0 bridgehead atoms. The molecule has 0 radical (unpaired) electrons.